The molecule has 3 heteroatoms. The summed E-state index contributed by atoms with van der Waals surface area (Å²) in [7, 11) is 1.62. The highest BCUT2D eigenvalue weighted by Crippen LogP contribution is 2.30. The van der Waals surface area contributed by atoms with Crippen molar-refractivity contribution < 1.29 is 13.9 Å². The Hall–Kier alpha value is -2.55. The topological polar surface area (TPSA) is 39.4 Å². The molecule has 0 N–H and O–H groups in total. The molecule has 106 valence electrons. The number of hydrogen-bond acceptors (Lipinski definition) is 3. The zero-order valence-electron chi connectivity index (χ0n) is 12.3. The van der Waals surface area contributed by atoms with Crippen LogP contribution in [0.5, 0.6) is 5.75 Å². The van der Waals surface area contributed by atoms with Crippen molar-refractivity contribution in [2.45, 2.75) is 13.8 Å². The molecule has 3 aromatic rings. The summed E-state index contributed by atoms with van der Waals surface area (Å²) in [5.74, 6) is 1.05. The minimum atomic E-state index is -0.0948. The van der Waals surface area contributed by atoms with Gasteiger partial charge in [-0.2, -0.15) is 0 Å². The molecule has 0 saturated carbocycles. The van der Waals surface area contributed by atoms with E-state index in [1.807, 2.05) is 56.3 Å². The maximum absolute atomic E-state index is 12.6. The quantitative estimate of drug-likeness (QED) is 0.672. The van der Waals surface area contributed by atoms with Crippen molar-refractivity contribution in [3.8, 4) is 5.75 Å². The molecule has 0 bridgehead atoms. The summed E-state index contributed by atoms with van der Waals surface area (Å²) in [6.45, 7) is 3.89. The van der Waals surface area contributed by atoms with Crippen molar-refractivity contribution in [3.63, 3.8) is 0 Å². The third kappa shape index (κ3) is 2.31. The molecule has 3 nitrogen and oxygen atoms in total. The van der Waals surface area contributed by atoms with E-state index in [-0.39, 0.29) is 5.78 Å². The number of furan rings is 1. The molecule has 0 aliphatic heterocycles. The van der Waals surface area contributed by atoms with Crippen LogP contribution >= 0.6 is 0 Å². The van der Waals surface area contributed by atoms with Gasteiger partial charge in [-0.1, -0.05) is 29.8 Å². The van der Waals surface area contributed by atoms with E-state index >= 15 is 0 Å². The summed E-state index contributed by atoms with van der Waals surface area (Å²) in [6.07, 6.45) is 0. The summed E-state index contributed by atoms with van der Waals surface area (Å²) >= 11 is 0. The van der Waals surface area contributed by atoms with Crippen LogP contribution in [0.4, 0.5) is 0 Å². The van der Waals surface area contributed by atoms with Gasteiger partial charge >= 0.3 is 0 Å². The van der Waals surface area contributed by atoms with Crippen LogP contribution < -0.4 is 4.74 Å². The Labute approximate surface area is 123 Å². The molecule has 0 atom stereocenters. The summed E-state index contributed by atoms with van der Waals surface area (Å²) < 4.78 is 11.0. The van der Waals surface area contributed by atoms with Gasteiger partial charge < -0.3 is 9.15 Å². The van der Waals surface area contributed by atoms with Gasteiger partial charge in [0.05, 0.1) is 7.11 Å². The number of aryl methyl sites for hydroxylation is 2. The Bertz CT molecular complexity index is 810. The number of fused-ring (bicyclic) bond motifs is 1. The lowest BCUT2D eigenvalue weighted by Crippen LogP contribution is -2.01. The van der Waals surface area contributed by atoms with Crippen LogP contribution in [0, 0.1) is 13.8 Å². The van der Waals surface area contributed by atoms with Gasteiger partial charge in [-0.15, -0.1) is 0 Å². The molecule has 3 rings (SSSR count). The second-order valence-electron chi connectivity index (χ2n) is 5.11. The highest BCUT2D eigenvalue weighted by Gasteiger charge is 2.19. The molecular weight excluding hydrogens is 264 g/mol. The van der Waals surface area contributed by atoms with Crippen LogP contribution in [0.1, 0.15) is 27.2 Å². The Kier molecular flexibility index (Phi) is 3.26. The van der Waals surface area contributed by atoms with Gasteiger partial charge in [-0.25, -0.2) is 0 Å². The molecule has 0 aliphatic carbocycles. The van der Waals surface area contributed by atoms with Gasteiger partial charge in [-0.3, -0.25) is 4.79 Å². The fraction of sp³-hybridized carbons (Fsp3) is 0.167. The largest absolute Gasteiger partial charge is 0.497 e. The number of ether oxygens (including phenoxy) is 1. The molecule has 0 fully saturated rings. The van der Waals surface area contributed by atoms with E-state index in [2.05, 4.69) is 0 Å². The lowest BCUT2D eigenvalue weighted by molar-refractivity contribution is 0.101. The Morgan fingerprint density at radius 3 is 2.43 bits per heavy atom. The van der Waals surface area contributed by atoms with Crippen LogP contribution in [0.2, 0.25) is 0 Å². The second kappa shape index (κ2) is 5.09. The average molecular weight is 280 g/mol. The molecule has 2 aromatic carbocycles. The van der Waals surface area contributed by atoms with Crippen LogP contribution in [0.3, 0.4) is 0 Å². The molecule has 0 radical (unpaired) electrons. The van der Waals surface area contributed by atoms with Crippen LogP contribution in [-0.4, -0.2) is 12.9 Å². The SMILES string of the molecule is COc1ccc2oc(C(=O)c3ccc(C)cc3)c(C)c2c1. The predicted molar refractivity (Wildman–Crippen MR) is 82.1 cm³/mol. The van der Waals surface area contributed by atoms with Gasteiger partial charge in [0.25, 0.3) is 0 Å². The summed E-state index contributed by atoms with van der Waals surface area (Å²) in [5, 5.41) is 0.907. The van der Waals surface area contributed by atoms with Crippen molar-refractivity contribution in [1.82, 2.24) is 0 Å². The first-order chi connectivity index (χ1) is 10.1. The van der Waals surface area contributed by atoms with Gasteiger partial charge in [-0.05, 0) is 32.0 Å². The third-order valence-corrected chi connectivity index (χ3v) is 3.66. The standard InChI is InChI=1S/C18H16O3/c1-11-4-6-13(7-5-11)17(19)18-12(2)15-10-14(20-3)8-9-16(15)21-18/h4-10H,1-3H3. The maximum atomic E-state index is 12.6. The zero-order valence-corrected chi connectivity index (χ0v) is 12.3. The van der Waals surface area contributed by atoms with Crippen LogP contribution in [-0.2, 0) is 0 Å². The number of carbonyl (C=O) groups excluding carboxylic acids is 1. The number of methoxy groups -OCH3 is 1. The summed E-state index contributed by atoms with van der Waals surface area (Å²) in [4.78, 5) is 12.6. The van der Waals surface area contributed by atoms with Crippen molar-refractivity contribution in [1.29, 1.82) is 0 Å². The third-order valence-electron chi connectivity index (χ3n) is 3.66. The smallest absolute Gasteiger partial charge is 0.228 e. The van der Waals surface area contributed by atoms with Crippen LogP contribution in [0.25, 0.3) is 11.0 Å². The molecular formula is C18H16O3. The van der Waals surface area contributed by atoms with Gasteiger partial charge in [0, 0.05) is 16.5 Å². The molecule has 1 aromatic heterocycles. The first kappa shape index (κ1) is 13.4. The Morgan fingerprint density at radius 2 is 1.76 bits per heavy atom. The molecule has 0 unspecified atom stereocenters. The van der Waals surface area contributed by atoms with E-state index in [9.17, 15) is 4.79 Å². The normalized spacial score (nSPS) is 10.8. The molecule has 0 saturated heterocycles. The Balaban J connectivity index is 2.09. The predicted octanol–water partition coefficient (Wildman–Crippen LogP) is 4.29. The van der Waals surface area contributed by atoms with Crippen molar-refractivity contribution >= 4 is 16.8 Å². The summed E-state index contributed by atoms with van der Waals surface area (Å²) in [6, 6.07) is 13.0. The fourth-order valence-electron chi connectivity index (χ4n) is 2.38. The van der Waals surface area contributed by atoms with E-state index in [4.69, 9.17) is 9.15 Å². The maximum Gasteiger partial charge on any atom is 0.228 e. The minimum absolute atomic E-state index is 0.0948. The van der Waals surface area contributed by atoms with Crippen molar-refractivity contribution in [2.24, 2.45) is 0 Å². The second-order valence-corrected chi connectivity index (χ2v) is 5.11. The van der Waals surface area contributed by atoms with E-state index in [1.54, 1.807) is 7.11 Å². The molecule has 1 heterocycles. The number of ketones is 1. The van der Waals surface area contributed by atoms with E-state index < -0.39 is 0 Å². The number of benzene rings is 2. The van der Waals surface area contributed by atoms with Gasteiger partial charge in [0.2, 0.25) is 5.78 Å². The zero-order chi connectivity index (χ0) is 15.0. The highest BCUT2D eigenvalue weighted by atomic mass is 16.5. The van der Waals surface area contributed by atoms with Crippen LogP contribution in [0.15, 0.2) is 46.9 Å². The first-order valence-electron chi connectivity index (χ1n) is 6.78. The number of hydrogen-bond donors (Lipinski definition) is 0. The van der Waals surface area contributed by atoms with E-state index in [0.717, 1.165) is 22.3 Å². The fourth-order valence-corrected chi connectivity index (χ4v) is 2.38. The average Bonchev–Trinajstić information content (AvgIpc) is 2.84. The molecule has 0 aliphatic rings. The summed E-state index contributed by atoms with van der Waals surface area (Å²) in [5.41, 5.74) is 3.30. The number of carbonyl (C=O) groups is 1. The molecule has 0 amide bonds. The molecule has 21 heavy (non-hydrogen) atoms. The van der Waals surface area contributed by atoms with E-state index in [1.165, 1.54) is 0 Å². The Morgan fingerprint density at radius 1 is 1.05 bits per heavy atom. The van der Waals surface area contributed by atoms with Crippen molar-refractivity contribution in [3.05, 3.63) is 64.9 Å². The van der Waals surface area contributed by atoms with Gasteiger partial charge in [0.15, 0.2) is 5.76 Å². The van der Waals surface area contributed by atoms with Crippen molar-refractivity contribution in [2.75, 3.05) is 7.11 Å². The minimum Gasteiger partial charge on any atom is -0.497 e. The molecule has 0 spiro atoms. The first-order valence-corrected chi connectivity index (χ1v) is 6.78. The monoisotopic (exact) mass is 280 g/mol. The lowest BCUT2D eigenvalue weighted by Gasteiger charge is -2.00. The van der Waals surface area contributed by atoms with E-state index in [0.29, 0.717) is 16.9 Å². The lowest BCUT2D eigenvalue weighted by atomic mass is 10.0. The van der Waals surface area contributed by atoms with Gasteiger partial charge in [0.1, 0.15) is 11.3 Å². The number of rotatable bonds is 3. The highest BCUT2D eigenvalue weighted by molar-refractivity contribution is 6.10.